The first-order chi connectivity index (χ1) is 13.0. The zero-order valence-corrected chi connectivity index (χ0v) is 17.3. The van der Waals surface area contributed by atoms with Crippen molar-refractivity contribution >= 4 is 40.0 Å². The summed E-state index contributed by atoms with van der Waals surface area (Å²) in [5.41, 5.74) is 1.74. The van der Waals surface area contributed by atoms with Gasteiger partial charge in [-0.2, -0.15) is 5.10 Å². The second-order valence-corrected chi connectivity index (χ2v) is 8.08. The number of nitrogens with one attached hydrogen (secondary N) is 1. The molecule has 3 rings (SSSR count). The molecule has 1 N–H and O–H groups in total. The Labute approximate surface area is 165 Å². The van der Waals surface area contributed by atoms with Gasteiger partial charge in [-0.3, -0.25) is 18.8 Å². The lowest BCUT2D eigenvalue weighted by atomic mass is 10.3. The number of aromatic nitrogens is 4. The highest BCUT2D eigenvalue weighted by atomic mass is 32.2. The van der Waals surface area contributed by atoms with Gasteiger partial charge in [-0.1, -0.05) is 24.8 Å². The van der Waals surface area contributed by atoms with E-state index >= 15 is 0 Å². The minimum atomic E-state index is -0.118. The SMILES string of the molecule is CCCNC(=O)CSc1nc2c(C)nn(CC)c2c(=O)n1Cc1cccs1. The first-order valence-electron chi connectivity index (χ1n) is 8.95. The number of nitrogens with zero attached hydrogens (tertiary/aromatic N) is 4. The van der Waals surface area contributed by atoms with Crippen molar-refractivity contribution < 1.29 is 4.79 Å². The zero-order valence-electron chi connectivity index (χ0n) is 15.7. The van der Waals surface area contributed by atoms with E-state index in [0.29, 0.717) is 35.8 Å². The van der Waals surface area contributed by atoms with E-state index in [2.05, 4.69) is 10.4 Å². The van der Waals surface area contributed by atoms with Crippen molar-refractivity contribution in [1.82, 2.24) is 24.6 Å². The second-order valence-electron chi connectivity index (χ2n) is 6.10. The van der Waals surface area contributed by atoms with Crippen molar-refractivity contribution in [2.24, 2.45) is 0 Å². The van der Waals surface area contributed by atoms with E-state index in [1.807, 2.05) is 38.3 Å². The van der Waals surface area contributed by atoms with Gasteiger partial charge < -0.3 is 5.32 Å². The molecule has 7 nitrogen and oxygen atoms in total. The lowest BCUT2D eigenvalue weighted by molar-refractivity contribution is -0.118. The van der Waals surface area contributed by atoms with Gasteiger partial charge in [0.15, 0.2) is 10.7 Å². The highest BCUT2D eigenvalue weighted by Crippen LogP contribution is 2.21. The van der Waals surface area contributed by atoms with Gasteiger partial charge in [0.25, 0.3) is 5.56 Å². The van der Waals surface area contributed by atoms with Crippen LogP contribution in [0.2, 0.25) is 0 Å². The van der Waals surface area contributed by atoms with Crippen LogP contribution in [-0.2, 0) is 17.9 Å². The lowest BCUT2D eigenvalue weighted by Crippen LogP contribution is -2.28. The van der Waals surface area contributed by atoms with Gasteiger partial charge in [-0.05, 0) is 31.7 Å². The smallest absolute Gasteiger partial charge is 0.280 e. The minimum absolute atomic E-state index is 0.0557. The zero-order chi connectivity index (χ0) is 19.4. The van der Waals surface area contributed by atoms with Gasteiger partial charge >= 0.3 is 0 Å². The maximum atomic E-state index is 13.2. The van der Waals surface area contributed by atoms with Gasteiger partial charge in [0, 0.05) is 18.0 Å². The van der Waals surface area contributed by atoms with Gasteiger partial charge in [0.05, 0.1) is 18.0 Å². The Balaban J connectivity index is 2.02. The molecule has 1 amide bonds. The highest BCUT2D eigenvalue weighted by Gasteiger charge is 2.19. The van der Waals surface area contributed by atoms with Crippen molar-refractivity contribution in [3.63, 3.8) is 0 Å². The molecule has 27 heavy (non-hydrogen) atoms. The van der Waals surface area contributed by atoms with Crippen LogP contribution in [0.4, 0.5) is 0 Å². The van der Waals surface area contributed by atoms with E-state index in [9.17, 15) is 9.59 Å². The number of aryl methyl sites for hydroxylation is 2. The molecule has 0 radical (unpaired) electrons. The fraction of sp³-hybridized carbons (Fsp3) is 0.444. The van der Waals surface area contributed by atoms with Crippen LogP contribution in [0, 0.1) is 6.92 Å². The summed E-state index contributed by atoms with van der Waals surface area (Å²) in [5.74, 6) is 0.170. The number of fused-ring (bicyclic) bond motifs is 1. The summed E-state index contributed by atoms with van der Waals surface area (Å²) in [6, 6.07) is 3.95. The van der Waals surface area contributed by atoms with E-state index in [-0.39, 0.29) is 17.2 Å². The number of carbonyl (C=O) groups excluding carboxylic acids is 1. The molecule has 0 aliphatic heterocycles. The Hall–Kier alpha value is -2.13. The molecular weight excluding hydrogens is 382 g/mol. The Morgan fingerprint density at radius 2 is 2.19 bits per heavy atom. The highest BCUT2D eigenvalue weighted by molar-refractivity contribution is 7.99. The molecule has 9 heteroatoms. The Bertz CT molecular complexity index is 992. The fourth-order valence-electron chi connectivity index (χ4n) is 2.77. The number of thiophene rings is 1. The van der Waals surface area contributed by atoms with E-state index in [4.69, 9.17) is 4.98 Å². The molecule has 3 aromatic heterocycles. The maximum absolute atomic E-state index is 13.2. The van der Waals surface area contributed by atoms with Gasteiger partial charge in [0.1, 0.15) is 5.52 Å². The van der Waals surface area contributed by atoms with Crippen LogP contribution < -0.4 is 10.9 Å². The maximum Gasteiger partial charge on any atom is 0.280 e. The summed E-state index contributed by atoms with van der Waals surface area (Å²) in [6.45, 7) is 7.51. The largest absolute Gasteiger partial charge is 0.355 e. The number of hydrogen-bond donors (Lipinski definition) is 1. The monoisotopic (exact) mass is 405 g/mol. The topological polar surface area (TPSA) is 81.8 Å². The molecule has 144 valence electrons. The summed E-state index contributed by atoms with van der Waals surface area (Å²) in [7, 11) is 0. The molecule has 3 aromatic rings. The molecule has 0 bridgehead atoms. The van der Waals surface area contributed by atoms with Crippen LogP contribution in [0.25, 0.3) is 11.0 Å². The molecule has 0 spiro atoms. The standard InChI is InChI=1S/C18H23N5O2S2/c1-4-8-19-14(24)11-27-18-20-15-12(3)21-23(5-2)16(15)17(25)22(18)10-13-7-6-9-26-13/h6-7,9H,4-5,8,10-11H2,1-3H3,(H,19,24). The third kappa shape index (κ3) is 4.24. The normalized spacial score (nSPS) is 11.2. The molecule has 0 aliphatic carbocycles. The molecule has 0 unspecified atom stereocenters. The Kier molecular flexibility index (Phi) is 6.33. The van der Waals surface area contributed by atoms with Gasteiger partial charge in [-0.15, -0.1) is 11.3 Å². The minimum Gasteiger partial charge on any atom is -0.355 e. The molecule has 0 fully saturated rings. The fourth-order valence-corrected chi connectivity index (χ4v) is 4.28. The quantitative estimate of drug-likeness (QED) is 0.460. The van der Waals surface area contributed by atoms with E-state index in [1.165, 1.54) is 11.8 Å². The van der Waals surface area contributed by atoms with Crippen LogP contribution in [0.5, 0.6) is 0 Å². The summed E-state index contributed by atoms with van der Waals surface area (Å²) >= 11 is 2.88. The second kappa shape index (κ2) is 8.71. The third-order valence-electron chi connectivity index (χ3n) is 4.08. The molecule has 0 aliphatic rings. The molecule has 0 atom stereocenters. The lowest BCUT2D eigenvalue weighted by Gasteiger charge is -2.12. The van der Waals surface area contributed by atoms with Crippen LogP contribution in [0.3, 0.4) is 0 Å². The van der Waals surface area contributed by atoms with Crippen LogP contribution >= 0.6 is 23.1 Å². The van der Waals surface area contributed by atoms with Crippen molar-refractivity contribution in [3.05, 3.63) is 38.4 Å². The van der Waals surface area contributed by atoms with Crippen LogP contribution in [-0.4, -0.2) is 37.5 Å². The van der Waals surface area contributed by atoms with Gasteiger partial charge in [-0.25, -0.2) is 4.98 Å². The Morgan fingerprint density at radius 1 is 1.37 bits per heavy atom. The van der Waals surface area contributed by atoms with E-state index in [1.54, 1.807) is 20.6 Å². The molecule has 0 aromatic carbocycles. The first-order valence-corrected chi connectivity index (χ1v) is 10.8. The predicted octanol–water partition coefficient (Wildman–Crippen LogP) is 2.65. The van der Waals surface area contributed by atoms with Gasteiger partial charge in [0.2, 0.25) is 5.91 Å². The number of carbonyl (C=O) groups is 1. The molecule has 3 heterocycles. The summed E-state index contributed by atoms with van der Waals surface area (Å²) in [5, 5.41) is 9.83. The van der Waals surface area contributed by atoms with Crippen molar-refractivity contribution in [2.75, 3.05) is 12.3 Å². The molecular formula is C18H23N5O2S2. The predicted molar refractivity (Wildman–Crippen MR) is 110 cm³/mol. The molecule has 0 saturated heterocycles. The third-order valence-corrected chi connectivity index (χ3v) is 5.92. The van der Waals surface area contributed by atoms with E-state index in [0.717, 1.165) is 17.0 Å². The van der Waals surface area contributed by atoms with Crippen molar-refractivity contribution in [3.8, 4) is 0 Å². The first kappa shape index (κ1) is 19.6. The van der Waals surface area contributed by atoms with Crippen molar-refractivity contribution in [2.45, 2.75) is 45.4 Å². The van der Waals surface area contributed by atoms with Crippen molar-refractivity contribution in [1.29, 1.82) is 0 Å². The number of thioether (sulfide) groups is 1. The molecule has 0 saturated carbocycles. The van der Waals surface area contributed by atoms with Crippen LogP contribution in [0.1, 0.15) is 30.8 Å². The number of rotatable bonds is 8. The average Bonchev–Trinajstić information content (AvgIpc) is 3.28. The summed E-state index contributed by atoms with van der Waals surface area (Å²) in [4.78, 5) is 31.0. The van der Waals surface area contributed by atoms with Crippen LogP contribution in [0.15, 0.2) is 27.5 Å². The number of amides is 1. The number of hydrogen-bond acceptors (Lipinski definition) is 6. The average molecular weight is 406 g/mol. The summed E-state index contributed by atoms with van der Waals surface area (Å²) in [6.07, 6.45) is 0.888. The van der Waals surface area contributed by atoms with E-state index < -0.39 is 0 Å². The Morgan fingerprint density at radius 3 is 2.85 bits per heavy atom. The summed E-state index contributed by atoms with van der Waals surface area (Å²) < 4.78 is 3.35.